The Morgan fingerprint density at radius 3 is 2.75 bits per heavy atom. The lowest BCUT2D eigenvalue weighted by Gasteiger charge is -2.23. The fraction of sp³-hybridized carbons (Fsp3) is 0.333. The maximum atomic E-state index is 13.2. The van der Waals surface area contributed by atoms with Crippen LogP contribution in [0.5, 0.6) is 11.5 Å². The summed E-state index contributed by atoms with van der Waals surface area (Å²) in [5.41, 5.74) is 0.800. The van der Waals surface area contributed by atoms with Crippen LogP contribution < -0.4 is 14.8 Å². The summed E-state index contributed by atoms with van der Waals surface area (Å²) in [5.74, 6) is -0.725. The van der Waals surface area contributed by atoms with Gasteiger partial charge in [0, 0.05) is 17.8 Å². The molecule has 1 aromatic carbocycles. The van der Waals surface area contributed by atoms with E-state index < -0.39 is 18.1 Å². The Labute approximate surface area is 204 Å². The molecule has 36 heavy (non-hydrogen) atoms. The molecule has 1 unspecified atom stereocenters. The highest BCUT2D eigenvalue weighted by Gasteiger charge is 2.29. The summed E-state index contributed by atoms with van der Waals surface area (Å²) in [6.45, 7) is -1.28. The first-order valence-corrected chi connectivity index (χ1v) is 11.3. The first-order valence-electron chi connectivity index (χ1n) is 11.3. The zero-order valence-electron chi connectivity index (χ0n) is 19.6. The molecule has 0 bridgehead atoms. The van der Waals surface area contributed by atoms with Gasteiger partial charge in [-0.25, -0.2) is 14.6 Å². The normalized spacial score (nSPS) is 15.2. The molecule has 1 amide bonds. The van der Waals surface area contributed by atoms with E-state index in [2.05, 4.69) is 20.4 Å². The van der Waals surface area contributed by atoms with Crippen molar-refractivity contribution in [1.82, 2.24) is 29.5 Å². The molecule has 2 N–H and O–H groups in total. The van der Waals surface area contributed by atoms with Gasteiger partial charge in [0.05, 0.1) is 25.5 Å². The van der Waals surface area contributed by atoms with Gasteiger partial charge in [-0.2, -0.15) is 13.9 Å². The van der Waals surface area contributed by atoms with Gasteiger partial charge in [0.2, 0.25) is 0 Å². The van der Waals surface area contributed by atoms with Crippen LogP contribution in [-0.2, 0) is 12.1 Å². The topological polar surface area (TPSA) is 116 Å². The Morgan fingerprint density at radius 2 is 2.08 bits per heavy atom. The van der Waals surface area contributed by atoms with Crippen molar-refractivity contribution < 1.29 is 28.2 Å². The third-order valence-corrected chi connectivity index (χ3v) is 6.01. The number of aliphatic hydroxyl groups is 1. The minimum Gasteiger partial charge on any atom is -0.496 e. The number of benzene rings is 1. The Balaban J connectivity index is 1.53. The molecule has 1 aliphatic rings. The quantitative estimate of drug-likeness (QED) is 0.365. The molecule has 10 nitrogen and oxygen atoms in total. The maximum absolute atomic E-state index is 13.2. The number of aromatic nitrogens is 5. The van der Waals surface area contributed by atoms with Crippen LogP contribution in [0.3, 0.4) is 0 Å². The number of ether oxygens (including phenoxy) is 2. The number of amides is 1. The first kappa shape index (κ1) is 23.7. The molecular formula is C24H24F2N6O4. The number of fused-ring (bicyclic) bond motifs is 1. The van der Waals surface area contributed by atoms with Gasteiger partial charge in [-0.3, -0.25) is 9.20 Å². The van der Waals surface area contributed by atoms with Crippen LogP contribution >= 0.6 is 0 Å². The second-order valence-corrected chi connectivity index (χ2v) is 8.83. The lowest BCUT2D eigenvalue weighted by molar-refractivity contribution is -0.0502. The summed E-state index contributed by atoms with van der Waals surface area (Å²) in [6.07, 6.45) is 7.87. The minimum atomic E-state index is -3.13. The van der Waals surface area contributed by atoms with E-state index in [-0.39, 0.29) is 29.6 Å². The van der Waals surface area contributed by atoms with Crippen molar-refractivity contribution in [3.8, 4) is 22.8 Å². The molecule has 1 saturated carbocycles. The highest BCUT2D eigenvalue weighted by atomic mass is 19.3. The number of nitrogens with zero attached hydrogens (tertiary/aromatic N) is 5. The van der Waals surface area contributed by atoms with E-state index in [1.54, 1.807) is 41.9 Å². The van der Waals surface area contributed by atoms with Crippen molar-refractivity contribution >= 4 is 11.6 Å². The predicted octanol–water partition coefficient (Wildman–Crippen LogP) is 3.00. The van der Waals surface area contributed by atoms with Crippen molar-refractivity contribution in [2.45, 2.75) is 44.6 Å². The van der Waals surface area contributed by atoms with Crippen LogP contribution in [0, 0.1) is 0 Å². The smallest absolute Gasteiger partial charge is 0.387 e. The third-order valence-electron chi connectivity index (χ3n) is 6.01. The van der Waals surface area contributed by atoms with Gasteiger partial charge < -0.3 is 19.9 Å². The van der Waals surface area contributed by atoms with Gasteiger partial charge in [-0.15, -0.1) is 0 Å². The third kappa shape index (κ3) is 4.71. The number of alkyl halides is 2. The molecule has 3 aromatic heterocycles. The predicted molar refractivity (Wildman–Crippen MR) is 124 cm³/mol. The molecular weight excluding hydrogens is 474 g/mol. The zero-order chi connectivity index (χ0) is 25.4. The van der Waals surface area contributed by atoms with Gasteiger partial charge in [0.15, 0.2) is 0 Å². The summed E-state index contributed by atoms with van der Waals surface area (Å²) < 4.78 is 39.9. The number of pyridine rings is 1. The molecule has 3 heterocycles. The van der Waals surface area contributed by atoms with Crippen LogP contribution in [-0.4, -0.2) is 54.9 Å². The van der Waals surface area contributed by atoms with E-state index in [4.69, 9.17) is 9.47 Å². The Hall–Kier alpha value is -4.06. The van der Waals surface area contributed by atoms with Crippen molar-refractivity contribution in [3.05, 3.63) is 60.4 Å². The van der Waals surface area contributed by atoms with E-state index in [1.165, 1.54) is 30.5 Å². The zero-order valence-corrected chi connectivity index (χ0v) is 19.6. The summed E-state index contributed by atoms with van der Waals surface area (Å²) in [7, 11) is 1.36. The number of imidazole rings is 1. The van der Waals surface area contributed by atoms with E-state index >= 15 is 0 Å². The average Bonchev–Trinajstić information content (AvgIpc) is 3.31. The van der Waals surface area contributed by atoms with Gasteiger partial charge in [-0.1, -0.05) is 0 Å². The summed E-state index contributed by atoms with van der Waals surface area (Å²) in [6, 6.07) is 6.44. The number of halogens is 2. The van der Waals surface area contributed by atoms with Gasteiger partial charge >= 0.3 is 6.61 Å². The highest BCUT2D eigenvalue weighted by molar-refractivity contribution is 6.01. The van der Waals surface area contributed by atoms with Crippen molar-refractivity contribution in [3.63, 3.8) is 0 Å². The van der Waals surface area contributed by atoms with Crippen molar-refractivity contribution in [1.29, 1.82) is 0 Å². The molecule has 1 aliphatic carbocycles. The Morgan fingerprint density at radius 1 is 1.31 bits per heavy atom. The minimum absolute atomic E-state index is 0.0241. The monoisotopic (exact) mass is 498 g/mol. The number of rotatable bonds is 9. The van der Waals surface area contributed by atoms with Crippen LogP contribution in [0.15, 0.2) is 49.3 Å². The lowest BCUT2D eigenvalue weighted by Crippen LogP contribution is -2.28. The highest BCUT2D eigenvalue weighted by Crippen LogP contribution is 2.37. The second kappa shape index (κ2) is 9.19. The number of hydrogen-bond donors (Lipinski definition) is 2. The van der Waals surface area contributed by atoms with Crippen molar-refractivity contribution in [2.75, 3.05) is 7.11 Å². The van der Waals surface area contributed by atoms with Gasteiger partial charge in [-0.05, 0) is 49.6 Å². The number of methoxy groups -OCH3 is 1. The summed E-state index contributed by atoms with van der Waals surface area (Å²) >= 11 is 0. The van der Waals surface area contributed by atoms with E-state index in [9.17, 15) is 18.7 Å². The Bertz CT molecular complexity index is 1400. The SMILES string of the molecule is COc1cc(-c2cnc3cc(C(C)(O)Cn4cncn4)ccn23)cc(OC(F)F)c1C(=O)NC1CC1. The molecule has 0 spiro atoms. The molecule has 0 saturated heterocycles. The molecule has 0 aliphatic heterocycles. The second-order valence-electron chi connectivity index (χ2n) is 8.83. The number of hydrogen-bond acceptors (Lipinski definition) is 7. The molecule has 4 aromatic rings. The molecule has 1 fully saturated rings. The van der Waals surface area contributed by atoms with Crippen LogP contribution in [0.2, 0.25) is 0 Å². The van der Waals surface area contributed by atoms with Crippen molar-refractivity contribution in [2.24, 2.45) is 0 Å². The summed E-state index contributed by atoms with van der Waals surface area (Å²) in [4.78, 5) is 21.1. The Kier molecular flexibility index (Phi) is 6.04. The molecule has 1 atom stereocenters. The van der Waals surface area contributed by atoms with E-state index in [0.717, 1.165) is 12.8 Å². The maximum Gasteiger partial charge on any atom is 0.387 e. The molecule has 0 radical (unpaired) electrons. The number of carbonyl (C=O) groups excluding carboxylic acids is 1. The van der Waals surface area contributed by atoms with Crippen LogP contribution in [0.1, 0.15) is 35.7 Å². The molecule has 188 valence electrons. The molecule has 12 heteroatoms. The first-order chi connectivity index (χ1) is 17.2. The number of nitrogens with one attached hydrogen (secondary N) is 1. The standard InChI is InChI=1S/C24H24F2N6O4/c1-24(34,11-31-13-27-12-29-31)15-5-6-32-17(10-28-20(32)9-15)14-7-18(35-2)21(19(8-14)36-23(25)26)22(33)30-16-3-4-16/h5-10,12-13,16,23,34H,3-4,11H2,1-2H3,(H,30,33). The average molecular weight is 498 g/mol. The van der Waals surface area contributed by atoms with E-state index in [1.807, 2.05) is 0 Å². The van der Waals surface area contributed by atoms with Crippen LogP contribution in [0.4, 0.5) is 8.78 Å². The lowest BCUT2D eigenvalue weighted by atomic mass is 9.97. The van der Waals surface area contributed by atoms with E-state index in [0.29, 0.717) is 22.5 Å². The summed E-state index contributed by atoms with van der Waals surface area (Å²) in [5, 5.41) is 17.8. The van der Waals surface area contributed by atoms with Crippen LogP contribution in [0.25, 0.3) is 16.9 Å². The molecule has 5 rings (SSSR count). The fourth-order valence-electron chi connectivity index (χ4n) is 4.05. The largest absolute Gasteiger partial charge is 0.496 e. The fourth-order valence-corrected chi connectivity index (χ4v) is 4.05. The van der Waals surface area contributed by atoms with Gasteiger partial charge in [0.1, 0.15) is 41.0 Å². The number of carbonyl (C=O) groups is 1. The van der Waals surface area contributed by atoms with Gasteiger partial charge in [0.25, 0.3) is 5.91 Å².